The number of nitrogens with one attached hydrogen (secondary N) is 3. The maximum Gasteiger partial charge on any atom is 0.272 e. The molecule has 11 heteroatoms. The summed E-state index contributed by atoms with van der Waals surface area (Å²) in [5.41, 5.74) is 4.26. The lowest BCUT2D eigenvalue weighted by Crippen LogP contribution is -2.30. The molecular formula is C36H30Cl2N4O3S2. The third kappa shape index (κ3) is 8.90. The molecule has 7 nitrogen and oxygen atoms in total. The Morgan fingerprint density at radius 1 is 0.830 bits per heavy atom. The van der Waals surface area contributed by atoms with Crippen molar-refractivity contribution in [2.75, 3.05) is 10.6 Å². The molecule has 3 N–H and O–H groups in total. The number of anilines is 2. The van der Waals surface area contributed by atoms with Crippen molar-refractivity contribution in [3.8, 4) is 11.3 Å². The number of rotatable bonds is 10. The summed E-state index contributed by atoms with van der Waals surface area (Å²) in [6.45, 7) is 5.85. The molecule has 1 atom stereocenters. The molecule has 0 saturated heterocycles. The Balaban J connectivity index is 1.24. The molecule has 0 saturated carbocycles. The number of thioether (sulfide) groups is 1. The van der Waals surface area contributed by atoms with Crippen LogP contribution in [-0.2, 0) is 9.59 Å². The molecule has 5 aromatic rings. The number of benzene rings is 4. The second-order valence-corrected chi connectivity index (χ2v) is 14.0. The van der Waals surface area contributed by atoms with E-state index in [1.165, 1.54) is 34.7 Å². The van der Waals surface area contributed by atoms with Crippen LogP contribution in [0.3, 0.4) is 0 Å². The molecule has 0 fully saturated rings. The molecule has 238 valence electrons. The minimum absolute atomic E-state index is 0.0412. The van der Waals surface area contributed by atoms with E-state index in [1.54, 1.807) is 60.7 Å². The Labute approximate surface area is 291 Å². The quantitative estimate of drug-likeness (QED) is 0.0996. The van der Waals surface area contributed by atoms with Crippen molar-refractivity contribution in [1.29, 1.82) is 0 Å². The minimum atomic E-state index is -0.567. The van der Waals surface area contributed by atoms with Crippen LogP contribution in [0.1, 0.15) is 33.3 Å². The van der Waals surface area contributed by atoms with Crippen LogP contribution in [0, 0.1) is 13.8 Å². The van der Waals surface area contributed by atoms with Crippen LogP contribution in [0.2, 0.25) is 10.0 Å². The number of halogens is 2. The number of hydrogen-bond acceptors (Lipinski definition) is 6. The molecule has 0 aliphatic carbocycles. The molecule has 0 bridgehead atoms. The highest BCUT2D eigenvalue weighted by Gasteiger charge is 2.19. The van der Waals surface area contributed by atoms with Crippen LogP contribution >= 0.6 is 46.3 Å². The Bertz CT molecular complexity index is 1920. The summed E-state index contributed by atoms with van der Waals surface area (Å²) in [7, 11) is 0. The van der Waals surface area contributed by atoms with Gasteiger partial charge in [0.1, 0.15) is 5.70 Å². The summed E-state index contributed by atoms with van der Waals surface area (Å²) in [6, 6.07) is 28.7. The van der Waals surface area contributed by atoms with E-state index in [4.69, 9.17) is 23.2 Å². The molecule has 0 radical (unpaired) electrons. The number of carbonyl (C=O) groups is 3. The minimum Gasteiger partial charge on any atom is -0.321 e. The average molecular weight is 702 g/mol. The average Bonchev–Trinajstić information content (AvgIpc) is 3.43. The topological polar surface area (TPSA) is 100 Å². The predicted octanol–water partition coefficient (Wildman–Crippen LogP) is 9.26. The van der Waals surface area contributed by atoms with E-state index < -0.39 is 17.1 Å². The summed E-state index contributed by atoms with van der Waals surface area (Å²) in [5.74, 6) is -1.20. The van der Waals surface area contributed by atoms with Crippen LogP contribution in [-0.4, -0.2) is 28.0 Å². The van der Waals surface area contributed by atoms with Gasteiger partial charge in [-0.3, -0.25) is 14.4 Å². The summed E-state index contributed by atoms with van der Waals surface area (Å²) in [6.07, 6.45) is 1.44. The first-order valence-electron chi connectivity index (χ1n) is 14.5. The van der Waals surface area contributed by atoms with Crippen LogP contribution in [0.15, 0.2) is 108 Å². The fourth-order valence-electron chi connectivity index (χ4n) is 4.44. The molecule has 1 heterocycles. The first-order valence-corrected chi connectivity index (χ1v) is 17.0. The molecule has 3 amide bonds. The van der Waals surface area contributed by atoms with Crippen LogP contribution in [0.5, 0.6) is 0 Å². The molecule has 5 rings (SSSR count). The maximum atomic E-state index is 13.4. The van der Waals surface area contributed by atoms with Crippen molar-refractivity contribution >= 4 is 80.9 Å². The maximum absolute atomic E-state index is 13.4. The van der Waals surface area contributed by atoms with E-state index in [2.05, 4.69) is 20.9 Å². The lowest BCUT2D eigenvalue weighted by Gasteiger charge is -2.13. The van der Waals surface area contributed by atoms with E-state index in [1.807, 2.05) is 57.2 Å². The van der Waals surface area contributed by atoms with Gasteiger partial charge in [-0.05, 0) is 75.4 Å². The number of thiazole rings is 1. The SMILES string of the molecule is Cc1ccc(-c2nc(NC(=O)C(C)Sc3ccc(NC(=O)/C(=C/c4c(Cl)cccc4Cl)NC(=O)c4ccccc4)cc3)sc2C)cc1. The largest absolute Gasteiger partial charge is 0.321 e. The number of aryl methyl sites for hydroxylation is 2. The number of amides is 3. The number of nitrogens with zero attached hydrogens (tertiary/aromatic N) is 1. The second kappa shape index (κ2) is 15.5. The van der Waals surface area contributed by atoms with Gasteiger partial charge in [-0.15, -0.1) is 23.1 Å². The molecule has 0 aliphatic heterocycles. The fraction of sp³-hybridized carbons (Fsp3) is 0.111. The van der Waals surface area contributed by atoms with Gasteiger partial charge in [0.2, 0.25) is 5.91 Å². The van der Waals surface area contributed by atoms with Crippen LogP contribution < -0.4 is 16.0 Å². The van der Waals surface area contributed by atoms with E-state index in [0.29, 0.717) is 32.0 Å². The Morgan fingerprint density at radius 2 is 1.49 bits per heavy atom. The van der Waals surface area contributed by atoms with Crippen LogP contribution in [0.4, 0.5) is 10.8 Å². The molecule has 47 heavy (non-hydrogen) atoms. The highest BCUT2D eigenvalue weighted by molar-refractivity contribution is 8.00. The van der Waals surface area contributed by atoms with Gasteiger partial charge in [0.05, 0.1) is 10.9 Å². The van der Waals surface area contributed by atoms with Crippen molar-refractivity contribution in [1.82, 2.24) is 10.3 Å². The zero-order chi connectivity index (χ0) is 33.5. The number of carbonyl (C=O) groups excluding carboxylic acids is 3. The fourth-order valence-corrected chi connectivity index (χ4v) is 6.66. The van der Waals surface area contributed by atoms with Gasteiger partial charge in [-0.2, -0.15) is 0 Å². The van der Waals surface area contributed by atoms with Crippen molar-refractivity contribution < 1.29 is 14.4 Å². The zero-order valence-corrected chi connectivity index (χ0v) is 28.8. The van der Waals surface area contributed by atoms with E-state index >= 15 is 0 Å². The summed E-state index contributed by atoms with van der Waals surface area (Å²) in [5, 5.41) is 9.23. The first kappa shape index (κ1) is 33.9. The van der Waals surface area contributed by atoms with Crippen molar-refractivity contribution in [3.63, 3.8) is 0 Å². The normalized spacial score (nSPS) is 11.9. The van der Waals surface area contributed by atoms with Crippen molar-refractivity contribution in [2.45, 2.75) is 30.9 Å². The highest BCUT2D eigenvalue weighted by atomic mass is 35.5. The van der Waals surface area contributed by atoms with Gasteiger partial charge < -0.3 is 16.0 Å². The Kier molecular flexibility index (Phi) is 11.2. The van der Waals surface area contributed by atoms with E-state index in [-0.39, 0.29) is 11.6 Å². The van der Waals surface area contributed by atoms with Gasteiger partial charge in [-0.25, -0.2) is 4.98 Å². The number of aromatic nitrogens is 1. The molecule has 0 aliphatic rings. The third-order valence-electron chi connectivity index (χ3n) is 6.96. The molecule has 1 aromatic heterocycles. The smallest absolute Gasteiger partial charge is 0.272 e. The van der Waals surface area contributed by atoms with Gasteiger partial charge in [0.25, 0.3) is 11.8 Å². The standard InChI is InChI=1S/C36H30Cl2N4O3S2/c1-21-12-14-24(15-13-21)32-22(2)47-36(41-32)42-33(43)23(3)46-27-18-16-26(17-19-27)39-35(45)31(20-28-29(37)10-7-11-30(28)38)40-34(44)25-8-5-4-6-9-25/h4-20,23H,1-3H3,(H,39,45)(H,40,44)(H,41,42,43)/b31-20-. The number of hydrogen-bond donors (Lipinski definition) is 3. The van der Waals surface area contributed by atoms with Gasteiger partial charge in [0.15, 0.2) is 5.13 Å². The Morgan fingerprint density at radius 3 is 2.15 bits per heavy atom. The summed E-state index contributed by atoms with van der Waals surface area (Å²) in [4.78, 5) is 45.9. The molecule has 0 spiro atoms. The first-order chi connectivity index (χ1) is 22.6. The Hall–Kier alpha value is -4.41. The second-order valence-electron chi connectivity index (χ2n) is 10.5. The van der Waals surface area contributed by atoms with Gasteiger partial charge in [0, 0.05) is 42.2 Å². The highest BCUT2D eigenvalue weighted by Crippen LogP contribution is 2.32. The predicted molar refractivity (Wildman–Crippen MR) is 194 cm³/mol. The lowest BCUT2D eigenvalue weighted by molar-refractivity contribution is -0.115. The summed E-state index contributed by atoms with van der Waals surface area (Å²) >= 11 is 15.5. The molecular weight excluding hydrogens is 671 g/mol. The van der Waals surface area contributed by atoms with E-state index in [0.717, 1.165) is 21.0 Å². The van der Waals surface area contributed by atoms with Gasteiger partial charge >= 0.3 is 0 Å². The lowest BCUT2D eigenvalue weighted by atomic mass is 10.1. The monoisotopic (exact) mass is 700 g/mol. The van der Waals surface area contributed by atoms with E-state index in [9.17, 15) is 14.4 Å². The van der Waals surface area contributed by atoms with Crippen LogP contribution in [0.25, 0.3) is 17.3 Å². The van der Waals surface area contributed by atoms with Crippen molar-refractivity contribution in [3.05, 3.63) is 134 Å². The van der Waals surface area contributed by atoms with Crippen molar-refractivity contribution in [2.24, 2.45) is 0 Å². The summed E-state index contributed by atoms with van der Waals surface area (Å²) < 4.78 is 0. The third-order valence-corrected chi connectivity index (χ3v) is 9.62. The molecule has 1 unspecified atom stereocenters. The molecule has 4 aromatic carbocycles. The van der Waals surface area contributed by atoms with Gasteiger partial charge in [-0.1, -0.05) is 77.3 Å². The zero-order valence-electron chi connectivity index (χ0n) is 25.6.